The van der Waals surface area contributed by atoms with E-state index in [4.69, 9.17) is 4.74 Å². The van der Waals surface area contributed by atoms with Gasteiger partial charge in [0.05, 0.1) is 7.11 Å². The van der Waals surface area contributed by atoms with Crippen LogP contribution in [0.3, 0.4) is 0 Å². The van der Waals surface area contributed by atoms with Crippen LogP contribution in [0, 0.1) is 0 Å². The number of benzene rings is 2. The van der Waals surface area contributed by atoms with E-state index in [9.17, 15) is 0 Å². The maximum Gasteiger partial charge on any atom is 0.119 e. The molecule has 2 aromatic carbocycles. The SMILES string of the molecule is COc1cccc(Cc2cc3ccccc3s2)c1. The van der Waals surface area contributed by atoms with Crippen molar-refractivity contribution in [1.82, 2.24) is 0 Å². The van der Waals surface area contributed by atoms with Gasteiger partial charge in [-0.2, -0.15) is 0 Å². The normalized spacial score (nSPS) is 10.7. The lowest BCUT2D eigenvalue weighted by atomic mass is 10.1. The highest BCUT2D eigenvalue weighted by Crippen LogP contribution is 2.27. The van der Waals surface area contributed by atoms with Crippen LogP contribution < -0.4 is 4.74 Å². The molecule has 0 N–H and O–H groups in total. The van der Waals surface area contributed by atoms with Gasteiger partial charge in [-0.05, 0) is 35.2 Å². The molecule has 90 valence electrons. The summed E-state index contributed by atoms with van der Waals surface area (Å²) in [5, 5.41) is 1.33. The topological polar surface area (TPSA) is 9.23 Å². The maximum absolute atomic E-state index is 5.25. The van der Waals surface area contributed by atoms with Crippen molar-refractivity contribution >= 4 is 21.4 Å². The second kappa shape index (κ2) is 4.83. The van der Waals surface area contributed by atoms with Gasteiger partial charge in [0.15, 0.2) is 0 Å². The molecule has 0 atom stereocenters. The van der Waals surface area contributed by atoms with Gasteiger partial charge in [-0.15, -0.1) is 11.3 Å². The minimum atomic E-state index is 0.925. The smallest absolute Gasteiger partial charge is 0.119 e. The molecule has 2 heteroatoms. The predicted octanol–water partition coefficient (Wildman–Crippen LogP) is 4.50. The summed E-state index contributed by atoms with van der Waals surface area (Å²) in [6, 6.07) is 19.1. The Hall–Kier alpha value is -1.80. The molecule has 3 aromatic rings. The number of hydrogen-bond donors (Lipinski definition) is 0. The molecule has 3 rings (SSSR count). The van der Waals surface area contributed by atoms with Crippen molar-refractivity contribution in [2.45, 2.75) is 6.42 Å². The lowest BCUT2D eigenvalue weighted by Crippen LogP contribution is -1.87. The Morgan fingerprint density at radius 2 is 1.89 bits per heavy atom. The van der Waals surface area contributed by atoms with Crippen molar-refractivity contribution in [1.29, 1.82) is 0 Å². The van der Waals surface area contributed by atoms with Crippen LogP contribution in [0.25, 0.3) is 10.1 Å². The predicted molar refractivity (Wildman–Crippen MR) is 77.6 cm³/mol. The molecule has 1 heterocycles. The molecular weight excluding hydrogens is 240 g/mol. The first-order valence-corrected chi connectivity index (χ1v) is 6.77. The number of hydrogen-bond acceptors (Lipinski definition) is 2. The zero-order valence-electron chi connectivity index (χ0n) is 10.2. The molecule has 0 radical (unpaired) electrons. The number of fused-ring (bicyclic) bond motifs is 1. The van der Waals surface area contributed by atoms with Gasteiger partial charge in [0, 0.05) is 16.0 Å². The van der Waals surface area contributed by atoms with Gasteiger partial charge in [-0.3, -0.25) is 0 Å². The van der Waals surface area contributed by atoms with Crippen molar-refractivity contribution in [3.05, 3.63) is 65.0 Å². The molecule has 0 amide bonds. The third-order valence-corrected chi connectivity index (χ3v) is 4.11. The molecule has 0 saturated heterocycles. The molecule has 0 aliphatic carbocycles. The van der Waals surface area contributed by atoms with Crippen molar-refractivity contribution in [2.24, 2.45) is 0 Å². The first kappa shape index (κ1) is 11.3. The maximum atomic E-state index is 5.25. The fourth-order valence-electron chi connectivity index (χ4n) is 2.11. The molecule has 0 saturated carbocycles. The van der Waals surface area contributed by atoms with Crippen molar-refractivity contribution in [2.75, 3.05) is 7.11 Å². The number of ether oxygens (including phenoxy) is 1. The lowest BCUT2D eigenvalue weighted by Gasteiger charge is -2.02. The second-order valence-corrected chi connectivity index (χ2v) is 5.45. The monoisotopic (exact) mass is 254 g/mol. The summed E-state index contributed by atoms with van der Waals surface area (Å²) < 4.78 is 6.61. The summed E-state index contributed by atoms with van der Waals surface area (Å²) in [6.07, 6.45) is 0.969. The van der Waals surface area contributed by atoms with Gasteiger partial charge in [0.25, 0.3) is 0 Å². The molecule has 18 heavy (non-hydrogen) atoms. The van der Waals surface area contributed by atoms with E-state index in [1.54, 1.807) is 7.11 Å². The standard InChI is InChI=1S/C16H14OS/c1-17-14-7-4-5-12(9-14)10-15-11-13-6-2-3-8-16(13)18-15/h2-9,11H,10H2,1H3. The summed E-state index contributed by atoms with van der Waals surface area (Å²) in [7, 11) is 1.71. The fourth-order valence-corrected chi connectivity index (χ4v) is 3.21. The van der Waals surface area contributed by atoms with Crippen LogP contribution >= 0.6 is 11.3 Å². The fraction of sp³-hybridized carbons (Fsp3) is 0.125. The van der Waals surface area contributed by atoms with Crippen LogP contribution in [-0.2, 0) is 6.42 Å². The van der Waals surface area contributed by atoms with Crippen LogP contribution in [0.15, 0.2) is 54.6 Å². The first-order valence-electron chi connectivity index (χ1n) is 5.95. The van der Waals surface area contributed by atoms with Crippen LogP contribution in [0.5, 0.6) is 5.75 Å². The summed E-state index contributed by atoms with van der Waals surface area (Å²) in [5.41, 5.74) is 1.29. The van der Waals surface area contributed by atoms with E-state index in [-0.39, 0.29) is 0 Å². The molecule has 0 spiro atoms. The Kier molecular flexibility index (Phi) is 3.03. The molecule has 1 aromatic heterocycles. The largest absolute Gasteiger partial charge is 0.497 e. The number of thiophene rings is 1. The van der Waals surface area contributed by atoms with Gasteiger partial charge in [0.1, 0.15) is 5.75 Å². The van der Waals surface area contributed by atoms with Crippen molar-refractivity contribution in [3.8, 4) is 5.75 Å². The zero-order valence-corrected chi connectivity index (χ0v) is 11.0. The van der Waals surface area contributed by atoms with Crippen LogP contribution in [0.4, 0.5) is 0 Å². The molecular formula is C16H14OS. The molecule has 0 fully saturated rings. The highest BCUT2D eigenvalue weighted by atomic mass is 32.1. The Labute approximate surface area is 111 Å². The highest BCUT2D eigenvalue weighted by molar-refractivity contribution is 7.19. The van der Waals surface area contributed by atoms with Gasteiger partial charge in [0.2, 0.25) is 0 Å². The lowest BCUT2D eigenvalue weighted by molar-refractivity contribution is 0.414. The van der Waals surface area contributed by atoms with E-state index in [1.807, 2.05) is 23.5 Å². The van der Waals surface area contributed by atoms with Gasteiger partial charge in [-0.1, -0.05) is 30.3 Å². The third-order valence-electron chi connectivity index (χ3n) is 2.99. The average Bonchev–Trinajstić information content (AvgIpc) is 2.81. The molecule has 1 nitrogen and oxygen atoms in total. The summed E-state index contributed by atoms with van der Waals surface area (Å²) in [4.78, 5) is 1.39. The van der Waals surface area contributed by atoms with Gasteiger partial charge >= 0.3 is 0 Å². The van der Waals surface area contributed by atoms with E-state index in [0.717, 1.165) is 12.2 Å². The second-order valence-electron chi connectivity index (χ2n) is 4.28. The zero-order chi connectivity index (χ0) is 12.4. The summed E-state index contributed by atoms with van der Waals surface area (Å²) in [5.74, 6) is 0.925. The summed E-state index contributed by atoms with van der Waals surface area (Å²) >= 11 is 1.86. The quantitative estimate of drug-likeness (QED) is 0.668. The van der Waals surface area contributed by atoms with Crippen LogP contribution in [-0.4, -0.2) is 7.11 Å². The number of rotatable bonds is 3. The van der Waals surface area contributed by atoms with Crippen molar-refractivity contribution < 1.29 is 4.74 Å². The minimum absolute atomic E-state index is 0.925. The van der Waals surface area contributed by atoms with E-state index in [0.29, 0.717) is 0 Å². The average molecular weight is 254 g/mol. The minimum Gasteiger partial charge on any atom is -0.497 e. The highest BCUT2D eigenvalue weighted by Gasteiger charge is 2.03. The third kappa shape index (κ3) is 2.24. The van der Waals surface area contributed by atoms with E-state index in [1.165, 1.54) is 20.5 Å². The van der Waals surface area contributed by atoms with Crippen LogP contribution in [0.2, 0.25) is 0 Å². The Bertz CT molecular complexity index is 636. The van der Waals surface area contributed by atoms with Gasteiger partial charge in [-0.25, -0.2) is 0 Å². The van der Waals surface area contributed by atoms with Gasteiger partial charge < -0.3 is 4.74 Å². The molecule has 0 bridgehead atoms. The first-order chi connectivity index (χ1) is 8.85. The molecule has 0 aliphatic heterocycles. The van der Waals surface area contributed by atoms with Crippen LogP contribution in [0.1, 0.15) is 10.4 Å². The Balaban J connectivity index is 1.91. The van der Waals surface area contributed by atoms with E-state index in [2.05, 4.69) is 42.5 Å². The molecule has 0 aliphatic rings. The van der Waals surface area contributed by atoms with Crippen molar-refractivity contribution in [3.63, 3.8) is 0 Å². The Morgan fingerprint density at radius 3 is 2.72 bits per heavy atom. The Morgan fingerprint density at radius 1 is 1.00 bits per heavy atom. The summed E-state index contributed by atoms with van der Waals surface area (Å²) in [6.45, 7) is 0. The number of methoxy groups -OCH3 is 1. The molecule has 0 unspecified atom stereocenters. The van der Waals surface area contributed by atoms with E-state index >= 15 is 0 Å². The van der Waals surface area contributed by atoms with E-state index < -0.39 is 0 Å².